The second-order valence-electron chi connectivity index (χ2n) is 7.02. The highest BCUT2D eigenvalue weighted by Crippen LogP contribution is 2.50. The van der Waals surface area contributed by atoms with Crippen molar-refractivity contribution in [1.82, 2.24) is 9.99 Å². The van der Waals surface area contributed by atoms with Crippen molar-refractivity contribution >= 4 is 5.71 Å². The molecule has 0 saturated carbocycles. The highest BCUT2D eigenvalue weighted by atomic mass is 19.1. The minimum Gasteiger partial charge on any atom is -0.490 e. The fourth-order valence-corrected chi connectivity index (χ4v) is 3.94. The Labute approximate surface area is 168 Å². The molecule has 0 amide bonds. The summed E-state index contributed by atoms with van der Waals surface area (Å²) in [5.74, 6) is 1.09. The Morgan fingerprint density at radius 2 is 2.07 bits per heavy atom. The third-order valence-corrected chi connectivity index (χ3v) is 5.21. The van der Waals surface area contributed by atoms with Crippen LogP contribution < -0.4 is 9.47 Å². The molecule has 3 aromatic rings. The molecule has 2 aromatic carbocycles. The van der Waals surface area contributed by atoms with Crippen LogP contribution >= 0.6 is 0 Å². The molecule has 5 nitrogen and oxygen atoms in total. The van der Waals surface area contributed by atoms with Crippen molar-refractivity contribution in [3.8, 4) is 11.5 Å². The molecule has 2 aliphatic rings. The molecule has 0 N–H and O–H groups in total. The molecule has 2 aliphatic heterocycles. The van der Waals surface area contributed by atoms with Crippen molar-refractivity contribution in [2.45, 2.75) is 25.6 Å². The summed E-state index contributed by atoms with van der Waals surface area (Å²) >= 11 is 0. The van der Waals surface area contributed by atoms with Gasteiger partial charge < -0.3 is 9.47 Å². The number of para-hydroxylation sites is 1. The highest BCUT2D eigenvalue weighted by Gasteiger charge is 2.42. The summed E-state index contributed by atoms with van der Waals surface area (Å²) in [4.78, 5) is 4.22. The van der Waals surface area contributed by atoms with Crippen molar-refractivity contribution in [2.75, 3.05) is 6.61 Å². The van der Waals surface area contributed by atoms with Crippen LogP contribution in [0.2, 0.25) is 0 Å². The molecule has 0 spiro atoms. The van der Waals surface area contributed by atoms with E-state index in [0.29, 0.717) is 30.1 Å². The van der Waals surface area contributed by atoms with E-state index >= 15 is 0 Å². The average molecular weight is 389 g/mol. The standard InChI is InChI=1S/C23H20FN3O2/c1-2-28-21-10-4-9-18-20-13-19(16-7-5-11-25-14-16)26-27(20)23(29-22(18)21)15-6-3-8-17(24)12-15/h3-12,14,20,23H,2,13H2,1H3/t20-,23-/m0/s1. The van der Waals surface area contributed by atoms with Gasteiger partial charge >= 0.3 is 0 Å². The van der Waals surface area contributed by atoms with Crippen LogP contribution in [-0.2, 0) is 0 Å². The minimum absolute atomic E-state index is 0.0253. The fourth-order valence-electron chi connectivity index (χ4n) is 3.94. The summed E-state index contributed by atoms with van der Waals surface area (Å²) in [5, 5.41) is 6.79. The predicted octanol–water partition coefficient (Wildman–Crippen LogP) is 4.86. The number of pyridine rings is 1. The zero-order chi connectivity index (χ0) is 19.8. The van der Waals surface area contributed by atoms with Gasteiger partial charge in [0.1, 0.15) is 5.82 Å². The number of benzene rings is 2. The smallest absolute Gasteiger partial charge is 0.214 e. The SMILES string of the molecule is CCOc1cccc2c1O[C@@H](c1cccc(F)c1)N1N=C(c3cccnc3)C[C@@H]21. The van der Waals surface area contributed by atoms with Crippen LogP contribution in [0.3, 0.4) is 0 Å². The van der Waals surface area contributed by atoms with Crippen LogP contribution in [0, 0.1) is 5.82 Å². The maximum atomic E-state index is 14.0. The number of hydrogen-bond acceptors (Lipinski definition) is 5. The molecule has 0 unspecified atom stereocenters. The van der Waals surface area contributed by atoms with E-state index in [1.807, 2.05) is 54.5 Å². The summed E-state index contributed by atoms with van der Waals surface area (Å²) in [5.41, 5.74) is 3.64. The first-order valence-corrected chi connectivity index (χ1v) is 9.68. The molecular formula is C23H20FN3O2. The Morgan fingerprint density at radius 3 is 2.86 bits per heavy atom. The van der Waals surface area contributed by atoms with E-state index in [9.17, 15) is 4.39 Å². The number of aromatic nitrogens is 1. The van der Waals surface area contributed by atoms with Crippen LogP contribution in [-0.4, -0.2) is 22.3 Å². The topological polar surface area (TPSA) is 47.0 Å². The summed E-state index contributed by atoms with van der Waals surface area (Å²) in [6.07, 6.45) is 3.73. The summed E-state index contributed by atoms with van der Waals surface area (Å²) in [6.45, 7) is 2.48. The number of nitrogens with zero attached hydrogens (tertiary/aromatic N) is 3. The molecule has 5 rings (SSSR count). The maximum absolute atomic E-state index is 14.0. The summed E-state index contributed by atoms with van der Waals surface area (Å²) in [6, 6.07) is 16.3. The highest BCUT2D eigenvalue weighted by molar-refractivity contribution is 6.01. The first-order valence-electron chi connectivity index (χ1n) is 9.68. The van der Waals surface area contributed by atoms with Crippen molar-refractivity contribution in [3.05, 3.63) is 89.5 Å². The largest absolute Gasteiger partial charge is 0.490 e. The molecule has 3 heterocycles. The van der Waals surface area contributed by atoms with Gasteiger partial charge in [-0.1, -0.05) is 30.3 Å². The second-order valence-corrected chi connectivity index (χ2v) is 7.02. The Balaban J connectivity index is 1.62. The van der Waals surface area contributed by atoms with Crippen LogP contribution in [0.25, 0.3) is 0 Å². The maximum Gasteiger partial charge on any atom is 0.214 e. The quantitative estimate of drug-likeness (QED) is 0.639. The lowest BCUT2D eigenvalue weighted by atomic mass is 9.96. The van der Waals surface area contributed by atoms with E-state index in [1.165, 1.54) is 12.1 Å². The normalized spacial score (nSPS) is 19.8. The number of halogens is 1. The molecule has 0 fully saturated rings. The van der Waals surface area contributed by atoms with Crippen molar-refractivity contribution in [2.24, 2.45) is 5.10 Å². The van der Waals surface area contributed by atoms with Crippen LogP contribution in [0.15, 0.2) is 72.1 Å². The van der Waals surface area contributed by atoms with Gasteiger partial charge in [0.2, 0.25) is 6.23 Å². The van der Waals surface area contributed by atoms with E-state index in [0.717, 1.165) is 16.8 Å². The number of fused-ring (bicyclic) bond motifs is 3. The third kappa shape index (κ3) is 3.10. The Hall–Kier alpha value is -3.41. The van der Waals surface area contributed by atoms with Crippen LogP contribution in [0.1, 0.15) is 42.3 Å². The predicted molar refractivity (Wildman–Crippen MR) is 107 cm³/mol. The van der Waals surface area contributed by atoms with E-state index in [-0.39, 0.29) is 11.9 Å². The van der Waals surface area contributed by atoms with Gasteiger partial charge in [-0.15, -0.1) is 0 Å². The van der Waals surface area contributed by atoms with Gasteiger partial charge in [-0.2, -0.15) is 5.10 Å². The Bertz CT molecular complexity index is 1070. The fraction of sp³-hybridized carbons (Fsp3) is 0.217. The number of rotatable bonds is 4. The van der Waals surface area contributed by atoms with Crippen molar-refractivity contribution in [1.29, 1.82) is 0 Å². The molecule has 29 heavy (non-hydrogen) atoms. The molecule has 2 atom stereocenters. The second kappa shape index (κ2) is 7.20. The number of hydrogen-bond donors (Lipinski definition) is 0. The molecule has 6 heteroatoms. The zero-order valence-corrected chi connectivity index (χ0v) is 16.0. The number of hydrazone groups is 1. The van der Waals surface area contributed by atoms with Gasteiger partial charge in [0, 0.05) is 35.5 Å². The lowest BCUT2D eigenvalue weighted by Gasteiger charge is -2.38. The Kier molecular flexibility index (Phi) is 4.39. The third-order valence-electron chi connectivity index (χ3n) is 5.21. The molecule has 0 bridgehead atoms. The molecule has 0 aliphatic carbocycles. The van der Waals surface area contributed by atoms with Crippen molar-refractivity contribution < 1.29 is 13.9 Å². The first-order chi connectivity index (χ1) is 14.2. The van der Waals surface area contributed by atoms with Gasteiger partial charge in [-0.3, -0.25) is 4.98 Å². The minimum atomic E-state index is -0.543. The summed E-state index contributed by atoms with van der Waals surface area (Å²) in [7, 11) is 0. The summed E-state index contributed by atoms with van der Waals surface area (Å²) < 4.78 is 26.1. The van der Waals surface area contributed by atoms with E-state index < -0.39 is 6.23 Å². The molecule has 0 saturated heterocycles. The average Bonchev–Trinajstić information content (AvgIpc) is 3.20. The first kappa shape index (κ1) is 17.7. The van der Waals surface area contributed by atoms with E-state index in [2.05, 4.69) is 4.98 Å². The molecular weight excluding hydrogens is 369 g/mol. The molecule has 146 valence electrons. The van der Waals surface area contributed by atoms with Crippen LogP contribution in [0.4, 0.5) is 4.39 Å². The van der Waals surface area contributed by atoms with Gasteiger partial charge in [-0.25, -0.2) is 9.40 Å². The Morgan fingerprint density at radius 1 is 1.17 bits per heavy atom. The lowest BCUT2D eigenvalue weighted by molar-refractivity contribution is -0.0214. The van der Waals surface area contributed by atoms with E-state index in [1.54, 1.807) is 12.3 Å². The van der Waals surface area contributed by atoms with Gasteiger partial charge in [-0.05, 0) is 31.2 Å². The van der Waals surface area contributed by atoms with Gasteiger partial charge in [0.05, 0.1) is 18.4 Å². The van der Waals surface area contributed by atoms with E-state index in [4.69, 9.17) is 14.6 Å². The van der Waals surface area contributed by atoms with Gasteiger partial charge in [0.25, 0.3) is 0 Å². The molecule has 1 aromatic heterocycles. The monoisotopic (exact) mass is 389 g/mol. The van der Waals surface area contributed by atoms with Crippen LogP contribution in [0.5, 0.6) is 11.5 Å². The lowest BCUT2D eigenvalue weighted by Crippen LogP contribution is -2.34. The zero-order valence-electron chi connectivity index (χ0n) is 16.0. The van der Waals surface area contributed by atoms with Crippen molar-refractivity contribution in [3.63, 3.8) is 0 Å². The molecule has 0 radical (unpaired) electrons. The number of ether oxygens (including phenoxy) is 2. The van der Waals surface area contributed by atoms with Gasteiger partial charge in [0.15, 0.2) is 11.5 Å².